The van der Waals surface area contributed by atoms with Gasteiger partial charge in [-0.3, -0.25) is 0 Å². The molecule has 1 saturated heterocycles. The number of carbonyl (C=O) groups excluding carboxylic acids is 1. The number of aliphatic hydroxyl groups is 1. The van der Waals surface area contributed by atoms with Crippen molar-refractivity contribution in [3.05, 3.63) is 29.5 Å². The quantitative estimate of drug-likeness (QED) is 0.667. The van der Waals surface area contributed by atoms with Crippen molar-refractivity contribution in [2.45, 2.75) is 51.1 Å². The Labute approximate surface area is 201 Å². The summed E-state index contributed by atoms with van der Waals surface area (Å²) in [5.74, 6) is 0.813. The maximum atomic E-state index is 13.3. The Balaban J connectivity index is 1.89. The zero-order chi connectivity index (χ0) is 24.8. The zero-order valence-corrected chi connectivity index (χ0v) is 21.5. The number of benzene rings is 1. The molecule has 1 aromatic heterocycles. The van der Waals surface area contributed by atoms with Gasteiger partial charge in [-0.15, -0.1) is 0 Å². The van der Waals surface area contributed by atoms with Crippen LogP contribution >= 0.6 is 0 Å². The Bertz CT molecular complexity index is 1180. The van der Waals surface area contributed by atoms with Crippen molar-refractivity contribution in [1.29, 1.82) is 0 Å². The maximum Gasteiger partial charge on any atom is 0.318 e. The fourth-order valence-electron chi connectivity index (χ4n) is 5.68. The number of urea groups is 1. The molecule has 2 aliphatic rings. The van der Waals surface area contributed by atoms with Crippen LogP contribution in [0.3, 0.4) is 0 Å². The minimum atomic E-state index is -3.28. The summed E-state index contributed by atoms with van der Waals surface area (Å²) in [6, 6.07) is 5.19. The highest BCUT2D eigenvalue weighted by atomic mass is 32.2. The lowest BCUT2D eigenvalue weighted by atomic mass is 9.68. The summed E-state index contributed by atoms with van der Waals surface area (Å²) < 4.78 is 34.2. The summed E-state index contributed by atoms with van der Waals surface area (Å²) in [5.41, 5.74) is 2.58. The zero-order valence-electron chi connectivity index (χ0n) is 20.7. The third-order valence-corrected chi connectivity index (χ3v) is 9.31. The van der Waals surface area contributed by atoms with Crippen molar-refractivity contribution in [1.82, 2.24) is 19.1 Å². The van der Waals surface area contributed by atoms with E-state index in [1.54, 1.807) is 23.2 Å². The SMILES string of the molecule is CCS(=O)(=O)N1CCC2(CC1)CN(C(=O)NC(C)C)[C@H](CO)c1c2c2ccc(OC)cc2n1C. The fraction of sp³-hybridized carbons (Fsp3) is 0.625. The van der Waals surface area contributed by atoms with Gasteiger partial charge in [0.2, 0.25) is 10.0 Å². The van der Waals surface area contributed by atoms with E-state index in [-0.39, 0.29) is 24.4 Å². The first kappa shape index (κ1) is 24.8. The molecule has 1 atom stereocenters. The molecule has 0 bridgehead atoms. The third kappa shape index (κ3) is 3.95. The summed E-state index contributed by atoms with van der Waals surface area (Å²) in [6.07, 6.45) is 1.21. The van der Waals surface area contributed by atoms with Crippen LogP contribution in [-0.2, 0) is 22.5 Å². The second-order valence-electron chi connectivity index (χ2n) is 9.71. The summed E-state index contributed by atoms with van der Waals surface area (Å²) in [5, 5.41) is 14.5. The lowest BCUT2D eigenvalue weighted by Gasteiger charge is -2.50. The molecule has 10 heteroatoms. The maximum absolute atomic E-state index is 13.3. The van der Waals surface area contributed by atoms with E-state index in [4.69, 9.17) is 4.74 Å². The van der Waals surface area contributed by atoms with Crippen LogP contribution in [0.4, 0.5) is 4.79 Å². The third-order valence-electron chi connectivity index (χ3n) is 7.43. The summed E-state index contributed by atoms with van der Waals surface area (Å²) in [4.78, 5) is 15.0. The number of ether oxygens (including phenoxy) is 1. The molecule has 2 amide bonds. The van der Waals surface area contributed by atoms with Crippen LogP contribution in [0.15, 0.2) is 18.2 Å². The number of hydrogen-bond acceptors (Lipinski definition) is 5. The monoisotopic (exact) mass is 492 g/mol. The molecule has 4 rings (SSSR count). The van der Waals surface area contributed by atoms with E-state index in [9.17, 15) is 18.3 Å². The van der Waals surface area contributed by atoms with Crippen molar-refractivity contribution in [2.24, 2.45) is 7.05 Å². The van der Waals surface area contributed by atoms with Crippen LogP contribution in [0.2, 0.25) is 0 Å². The average Bonchev–Trinajstić information content (AvgIpc) is 3.11. The van der Waals surface area contributed by atoms with Crippen molar-refractivity contribution >= 4 is 27.0 Å². The van der Waals surface area contributed by atoms with Crippen molar-refractivity contribution < 1.29 is 23.1 Å². The first-order chi connectivity index (χ1) is 16.1. The van der Waals surface area contributed by atoms with Crippen molar-refractivity contribution in [3.8, 4) is 5.75 Å². The van der Waals surface area contributed by atoms with Crippen LogP contribution in [0.25, 0.3) is 10.9 Å². The molecular formula is C24H36N4O5S. The predicted octanol–water partition coefficient (Wildman–Crippen LogP) is 2.34. The van der Waals surface area contributed by atoms with E-state index in [2.05, 4.69) is 9.88 Å². The van der Waals surface area contributed by atoms with Gasteiger partial charge in [-0.05, 0) is 51.3 Å². The molecule has 0 saturated carbocycles. The van der Waals surface area contributed by atoms with Crippen LogP contribution < -0.4 is 10.1 Å². The number of methoxy groups -OCH3 is 1. The highest BCUT2D eigenvalue weighted by Crippen LogP contribution is 2.50. The Morgan fingerprint density at radius 2 is 1.97 bits per heavy atom. The smallest absolute Gasteiger partial charge is 0.318 e. The molecule has 0 unspecified atom stereocenters. The first-order valence-electron chi connectivity index (χ1n) is 11.9. The van der Waals surface area contributed by atoms with E-state index in [1.807, 2.05) is 39.1 Å². The summed E-state index contributed by atoms with van der Waals surface area (Å²) in [6.45, 7) is 6.53. The van der Waals surface area contributed by atoms with Gasteiger partial charge >= 0.3 is 6.03 Å². The minimum absolute atomic E-state index is 0.0440. The van der Waals surface area contributed by atoms with Gasteiger partial charge in [-0.1, -0.05) is 0 Å². The van der Waals surface area contributed by atoms with E-state index >= 15 is 0 Å². The van der Waals surface area contributed by atoms with Crippen LogP contribution in [0.5, 0.6) is 5.75 Å². The van der Waals surface area contributed by atoms with Crippen LogP contribution in [0, 0.1) is 0 Å². The standard InChI is InChI=1S/C24H36N4O5S/c1-6-34(31,32)27-11-9-24(10-12-27)15-28(23(30)25-16(2)3)20(14-29)22-21(24)18-8-7-17(33-5)13-19(18)26(22)4/h7-8,13,16,20,29H,6,9-12,14-15H2,1-5H3,(H,25,30)/t20-/m1/s1. The topological polar surface area (TPSA) is 104 Å². The van der Waals surface area contributed by atoms with Gasteiger partial charge in [0.15, 0.2) is 0 Å². The van der Waals surface area contributed by atoms with E-state index < -0.39 is 21.5 Å². The van der Waals surface area contributed by atoms with E-state index in [0.29, 0.717) is 32.5 Å². The molecule has 0 aliphatic carbocycles. The average molecular weight is 493 g/mol. The number of hydrogen-bond donors (Lipinski definition) is 2. The molecular weight excluding hydrogens is 456 g/mol. The minimum Gasteiger partial charge on any atom is -0.497 e. The molecule has 3 heterocycles. The molecule has 9 nitrogen and oxygen atoms in total. The first-order valence-corrected chi connectivity index (χ1v) is 13.5. The fourth-order valence-corrected chi connectivity index (χ4v) is 6.79. The number of rotatable bonds is 5. The molecule has 2 N–H and O–H groups in total. The van der Waals surface area contributed by atoms with E-state index in [1.165, 1.54) is 0 Å². The van der Waals surface area contributed by atoms with Gasteiger partial charge in [0, 0.05) is 55.3 Å². The van der Waals surface area contributed by atoms with Gasteiger partial charge in [0.1, 0.15) is 5.75 Å². The van der Waals surface area contributed by atoms with Gasteiger partial charge < -0.3 is 24.6 Å². The molecule has 1 aromatic carbocycles. The van der Waals surface area contributed by atoms with Crippen LogP contribution in [0.1, 0.15) is 50.9 Å². The largest absolute Gasteiger partial charge is 0.497 e. The Hall–Kier alpha value is -2.30. The molecule has 34 heavy (non-hydrogen) atoms. The molecule has 2 aromatic rings. The van der Waals surface area contributed by atoms with Gasteiger partial charge in [0.25, 0.3) is 0 Å². The number of nitrogens with zero attached hydrogens (tertiary/aromatic N) is 3. The van der Waals surface area contributed by atoms with Gasteiger partial charge in [0.05, 0.1) is 31.0 Å². The normalized spacial score (nSPS) is 20.7. The predicted molar refractivity (Wildman–Crippen MR) is 132 cm³/mol. The number of aryl methyl sites for hydroxylation is 1. The number of amides is 2. The Morgan fingerprint density at radius 3 is 2.53 bits per heavy atom. The number of nitrogens with one attached hydrogen (secondary N) is 1. The Kier molecular flexibility index (Phi) is 6.61. The summed E-state index contributed by atoms with van der Waals surface area (Å²) >= 11 is 0. The molecule has 1 spiro atoms. The highest BCUT2D eigenvalue weighted by molar-refractivity contribution is 7.89. The van der Waals surface area contributed by atoms with Crippen LogP contribution in [-0.4, -0.2) is 78.5 Å². The van der Waals surface area contributed by atoms with Crippen molar-refractivity contribution in [2.75, 3.05) is 39.1 Å². The lowest BCUT2D eigenvalue weighted by Crippen LogP contribution is -2.58. The molecule has 2 aliphatic heterocycles. The Morgan fingerprint density at radius 1 is 1.29 bits per heavy atom. The van der Waals surface area contributed by atoms with E-state index in [0.717, 1.165) is 27.9 Å². The number of carbonyl (C=O) groups is 1. The van der Waals surface area contributed by atoms with Gasteiger partial charge in [-0.25, -0.2) is 17.5 Å². The summed E-state index contributed by atoms with van der Waals surface area (Å²) in [7, 11) is 0.302. The molecule has 188 valence electrons. The number of fused-ring (bicyclic) bond motifs is 4. The van der Waals surface area contributed by atoms with Gasteiger partial charge in [-0.2, -0.15) is 0 Å². The lowest BCUT2D eigenvalue weighted by molar-refractivity contribution is 0.0775. The second-order valence-corrected chi connectivity index (χ2v) is 12.0. The second kappa shape index (κ2) is 9.05. The molecule has 0 radical (unpaired) electrons. The van der Waals surface area contributed by atoms with Crippen molar-refractivity contribution in [3.63, 3.8) is 0 Å². The number of aliphatic hydroxyl groups excluding tert-OH is 1. The number of sulfonamides is 1. The number of aromatic nitrogens is 1. The highest BCUT2D eigenvalue weighted by Gasteiger charge is 2.50. The number of piperidine rings is 1. The molecule has 1 fully saturated rings.